The van der Waals surface area contributed by atoms with Crippen molar-refractivity contribution in [2.45, 2.75) is 0 Å². The second kappa shape index (κ2) is 13.2. The number of benzene rings is 6. The number of ether oxygens (including phenoxy) is 2. The minimum Gasteiger partial charge on any atom is -0.493 e. The first-order valence-electron chi connectivity index (χ1n) is 13.9. The fourth-order valence-electron chi connectivity index (χ4n) is 5.41. The van der Waals surface area contributed by atoms with Gasteiger partial charge in [0.2, 0.25) is 0 Å². The van der Waals surface area contributed by atoms with Crippen molar-refractivity contribution in [3.8, 4) is 22.6 Å². The molecule has 0 amide bonds. The Morgan fingerprint density at radius 3 is 1.21 bits per heavy atom. The lowest BCUT2D eigenvalue weighted by Gasteiger charge is -2.28. The van der Waals surface area contributed by atoms with Gasteiger partial charge in [-0.25, -0.2) is 0 Å². The molecule has 0 unspecified atom stereocenters. The van der Waals surface area contributed by atoms with Crippen LogP contribution in [0.25, 0.3) is 11.1 Å². The molecule has 0 saturated carbocycles. The summed E-state index contributed by atoms with van der Waals surface area (Å²) in [6.07, 6.45) is 0. The zero-order valence-corrected chi connectivity index (χ0v) is 25.5. The summed E-state index contributed by atoms with van der Waals surface area (Å²) in [7, 11) is 1.71. The first-order valence-corrected chi connectivity index (χ1v) is 16.6. The molecule has 0 fully saturated rings. The fourth-order valence-corrected chi connectivity index (χ4v) is 10.3. The summed E-state index contributed by atoms with van der Waals surface area (Å²) in [5.41, 5.74) is 2.26. The van der Waals surface area contributed by atoms with Gasteiger partial charge in [0.05, 0.1) is 14.2 Å². The van der Waals surface area contributed by atoms with Crippen LogP contribution < -0.4 is 41.3 Å². The van der Waals surface area contributed by atoms with Crippen molar-refractivity contribution in [1.29, 1.82) is 0 Å². The van der Waals surface area contributed by atoms with Gasteiger partial charge in [-0.15, -0.1) is 0 Å². The van der Waals surface area contributed by atoms with Gasteiger partial charge in [0.25, 0.3) is 0 Å². The zero-order valence-electron chi connectivity index (χ0n) is 23.7. The van der Waals surface area contributed by atoms with E-state index in [9.17, 15) is 0 Å². The molecule has 6 rings (SSSR count). The molecule has 42 heavy (non-hydrogen) atoms. The van der Waals surface area contributed by atoms with E-state index in [1.54, 1.807) is 14.2 Å². The lowest BCUT2D eigenvalue weighted by molar-refractivity contribution is 0.356. The van der Waals surface area contributed by atoms with Crippen molar-refractivity contribution >= 4 is 47.7 Å². The largest absolute Gasteiger partial charge is 0.493 e. The van der Waals surface area contributed by atoms with E-state index >= 15 is 0 Å². The lowest BCUT2D eigenvalue weighted by Crippen LogP contribution is -2.26. The molecule has 0 saturated heterocycles. The summed E-state index contributed by atoms with van der Waals surface area (Å²) in [5, 5.41) is 7.72. The molecule has 0 aliphatic heterocycles. The maximum Gasteiger partial charge on any atom is 0.169 e. The smallest absolute Gasteiger partial charge is 0.169 e. The Labute approximate surface area is 251 Å². The zero-order chi connectivity index (χ0) is 28.7. The molecule has 6 aromatic rings. The maximum atomic E-state index is 6.22. The molecule has 206 valence electrons. The Bertz CT molecular complexity index is 1660. The third kappa shape index (κ3) is 5.62. The Kier molecular flexibility index (Phi) is 8.76. The van der Waals surface area contributed by atoms with Crippen molar-refractivity contribution in [2.75, 3.05) is 14.2 Å². The van der Waals surface area contributed by atoms with Gasteiger partial charge >= 0.3 is 0 Å². The van der Waals surface area contributed by atoms with Crippen molar-refractivity contribution < 1.29 is 9.47 Å². The topological polar surface area (TPSA) is 18.5 Å². The summed E-state index contributed by atoms with van der Waals surface area (Å²) in [5.74, 6) is 1.49. The highest BCUT2D eigenvalue weighted by Gasteiger charge is 2.28. The number of hydrogen-bond acceptors (Lipinski definition) is 2. The van der Waals surface area contributed by atoms with Crippen LogP contribution in [0, 0.1) is 0 Å². The van der Waals surface area contributed by atoms with Gasteiger partial charge in [-0.3, -0.25) is 0 Å². The predicted octanol–water partition coefficient (Wildman–Crippen LogP) is 6.89. The first-order chi connectivity index (χ1) is 20.8. The molecule has 2 nitrogen and oxygen atoms in total. The van der Waals surface area contributed by atoms with E-state index in [1.165, 1.54) is 37.4 Å². The molecule has 0 heterocycles. The van der Waals surface area contributed by atoms with E-state index in [-0.39, 0.29) is 0 Å². The predicted molar refractivity (Wildman–Crippen MR) is 182 cm³/mol. The average molecular weight is 583 g/mol. The molecule has 0 atom stereocenters. The number of rotatable bonds is 9. The minimum atomic E-state index is -0.898. The van der Waals surface area contributed by atoms with Crippen LogP contribution in [-0.4, -0.2) is 14.2 Å². The minimum absolute atomic E-state index is 0.728. The Morgan fingerprint density at radius 2 is 0.786 bits per heavy atom. The van der Waals surface area contributed by atoms with Gasteiger partial charge in [0.15, 0.2) is 11.5 Å². The monoisotopic (exact) mass is 582 g/mol. The normalized spacial score (nSPS) is 11.0. The average Bonchev–Trinajstić information content (AvgIpc) is 3.07. The maximum absolute atomic E-state index is 6.22. The van der Waals surface area contributed by atoms with Crippen LogP contribution in [0.1, 0.15) is 0 Å². The molecule has 0 spiro atoms. The van der Waals surface area contributed by atoms with Crippen molar-refractivity contribution in [3.63, 3.8) is 0 Å². The van der Waals surface area contributed by atoms with Crippen LogP contribution in [0.3, 0.4) is 0 Å². The van der Waals surface area contributed by atoms with Crippen LogP contribution in [0.5, 0.6) is 11.5 Å². The van der Waals surface area contributed by atoms with Crippen LogP contribution in [0.15, 0.2) is 158 Å². The fraction of sp³-hybridized carbons (Fsp3) is 0.0526. The molecular weight excluding hydrogens is 550 g/mol. The van der Waals surface area contributed by atoms with Crippen LogP contribution in [0.4, 0.5) is 0 Å². The van der Waals surface area contributed by atoms with E-state index in [0.29, 0.717) is 0 Å². The molecule has 0 aliphatic rings. The first kappa shape index (κ1) is 27.9. The van der Waals surface area contributed by atoms with Crippen molar-refractivity contribution in [1.82, 2.24) is 0 Å². The van der Waals surface area contributed by atoms with Gasteiger partial charge in [-0.1, -0.05) is 146 Å². The van der Waals surface area contributed by atoms with E-state index in [0.717, 1.165) is 17.1 Å². The summed E-state index contributed by atoms with van der Waals surface area (Å²) >= 11 is 0. The third-order valence-corrected chi connectivity index (χ3v) is 12.2. The number of methoxy groups -OCH3 is 2. The summed E-state index contributed by atoms with van der Waals surface area (Å²) in [6.45, 7) is 0. The second-order valence-electron chi connectivity index (χ2n) is 9.73. The van der Waals surface area contributed by atoms with Crippen LogP contribution >= 0.6 is 15.8 Å². The van der Waals surface area contributed by atoms with Crippen molar-refractivity contribution in [2.24, 2.45) is 0 Å². The van der Waals surface area contributed by atoms with Gasteiger partial charge in [0.1, 0.15) is 0 Å². The highest BCUT2D eigenvalue weighted by atomic mass is 31.1. The summed E-state index contributed by atoms with van der Waals surface area (Å²) in [6, 6.07) is 56.5. The molecule has 0 aromatic heterocycles. The second-order valence-corrected chi connectivity index (χ2v) is 14.1. The molecule has 0 bridgehead atoms. The Balaban J connectivity index is 1.67. The highest BCUT2D eigenvalue weighted by molar-refractivity contribution is 7.80. The Hall–Kier alpha value is -4.22. The van der Waals surface area contributed by atoms with E-state index < -0.39 is 15.8 Å². The third-order valence-electron chi connectivity index (χ3n) is 7.24. The standard InChI is InChI=1S/C38H32O2P2/c1-39-34-27-28-36(42(31-21-11-5-12-22-31)32-23-13-6-14-24-32)37(38(34)40-2)33-25-15-16-26-35(33)41(29-17-7-3-8-18-29)30-19-9-4-10-20-30/h3-28H,1-2H3. The van der Waals surface area contributed by atoms with Crippen molar-refractivity contribution in [3.05, 3.63) is 158 Å². The molecular formula is C38H32O2P2. The Morgan fingerprint density at radius 1 is 0.381 bits per heavy atom. The SMILES string of the molecule is COc1ccc(P(c2ccccc2)c2ccccc2)c(-c2ccccc2P(c2ccccc2)c2ccccc2)c1OC. The van der Waals surface area contributed by atoms with E-state index in [1.807, 2.05) is 0 Å². The molecule has 6 aromatic carbocycles. The summed E-state index contributed by atoms with van der Waals surface area (Å²) < 4.78 is 12.1. The quantitative estimate of drug-likeness (QED) is 0.173. The number of hydrogen-bond donors (Lipinski definition) is 0. The van der Waals surface area contributed by atoms with Gasteiger partial charge in [-0.2, -0.15) is 0 Å². The van der Waals surface area contributed by atoms with E-state index in [4.69, 9.17) is 9.47 Å². The molecule has 0 radical (unpaired) electrons. The summed E-state index contributed by atoms with van der Waals surface area (Å²) in [4.78, 5) is 0. The van der Waals surface area contributed by atoms with E-state index in [2.05, 4.69) is 158 Å². The molecule has 0 N–H and O–H groups in total. The molecule has 4 heteroatoms. The molecule has 0 aliphatic carbocycles. The lowest BCUT2D eigenvalue weighted by atomic mass is 10.0. The van der Waals surface area contributed by atoms with Gasteiger partial charge in [0, 0.05) is 5.56 Å². The van der Waals surface area contributed by atoms with Crippen LogP contribution in [-0.2, 0) is 0 Å². The highest BCUT2D eigenvalue weighted by Crippen LogP contribution is 2.46. The van der Waals surface area contributed by atoms with Gasteiger partial charge < -0.3 is 9.47 Å². The van der Waals surface area contributed by atoms with Crippen LogP contribution in [0.2, 0.25) is 0 Å². The van der Waals surface area contributed by atoms with Gasteiger partial charge in [-0.05, 0) is 65.4 Å².